The van der Waals surface area contributed by atoms with Gasteiger partial charge in [0.15, 0.2) is 0 Å². The van der Waals surface area contributed by atoms with Crippen molar-refractivity contribution >= 4 is 0 Å². The fourth-order valence-electron chi connectivity index (χ4n) is 1.94. The summed E-state index contributed by atoms with van der Waals surface area (Å²) < 4.78 is 0. The van der Waals surface area contributed by atoms with Crippen LogP contribution in [0.4, 0.5) is 0 Å². The second-order valence-electron chi connectivity index (χ2n) is 4.91. The van der Waals surface area contributed by atoms with Crippen LogP contribution < -0.4 is 5.32 Å². The number of aliphatic hydroxyl groups is 2. The summed E-state index contributed by atoms with van der Waals surface area (Å²) in [5.74, 6) is 0.475. The predicted octanol–water partition coefficient (Wildman–Crippen LogP) is 0.686. The average molecular weight is 246 g/mol. The van der Waals surface area contributed by atoms with Gasteiger partial charge in [0.05, 0.1) is 6.10 Å². The van der Waals surface area contributed by atoms with Gasteiger partial charge >= 0.3 is 0 Å². The van der Waals surface area contributed by atoms with Crippen molar-refractivity contribution in [1.82, 2.24) is 10.2 Å². The molecule has 2 atom stereocenters. The molecule has 4 heteroatoms. The van der Waals surface area contributed by atoms with Gasteiger partial charge in [-0.25, -0.2) is 0 Å². The molecule has 0 saturated heterocycles. The second kappa shape index (κ2) is 9.83. The highest BCUT2D eigenvalue weighted by Gasteiger charge is 2.15. The summed E-state index contributed by atoms with van der Waals surface area (Å²) >= 11 is 0. The fraction of sp³-hybridized carbons (Fsp3) is 1.00. The number of nitrogens with one attached hydrogen (secondary N) is 1. The van der Waals surface area contributed by atoms with Crippen LogP contribution in [0.25, 0.3) is 0 Å². The van der Waals surface area contributed by atoms with Gasteiger partial charge in [-0.3, -0.25) is 0 Å². The quantitative estimate of drug-likeness (QED) is 0.531. The number of rotatable bonds is 10. The molecule has 0 aromatic rings. The van der Waals surface area contributed by atoms with Crippen molar-refractivity contribution in [2.75, 3.05) is 32.8 Å². The van der Waals surface area contributed by atoms with E-state index in [9.17, 15) is 5.11 Å². The molecule has 0 fully saturated rings. The number of hydrogen-bond acceptors (Lipinski definition) is 4. The zero-order chi connectivity index (χ0) is 13.3. The highest BCUT2D eigenvalue weighted by molar-refractivity contribution is 4.73. The SMILES string of the molecule is CCN(CC)CC(O)CNC(CCO)C(C)C. The minimum atomic E-state index is -0.338. The second-order valence-corrected chi connectivity index (χ2v) is 4.91. The summed E-state index contributed by atoms with van der Waals surface area (Å²) in [6, 6.07) is 0.284. The first-order valence-electron chi connectivity index (χ1n) is 6.79. The molecule has 0 rings (SSSR count). The molecule has 0 saturated carbocycles. The molecule has 0 aliphatic rings. The Hall–Kier alpha value is -0.160. The number of hydrogen-bond donors (Lipinski definition) is 3. The highest BCUT2D eigenvalue weighted by Crippen LogP contribution is 2.05. The number of aliphatic hydroxyl groups excluding tert-OH is 2. The highest BCUT2D eigenvalue weighted by atomic mass is 16.3. The van der Waals surface area contributed by atoms with Crippen molar-refractivity contribution in [2.45, 2.75) is 46.3 Å². The maximum Gasteiger partial charge on any atom is 0.0791 e. The van der Waals surface area contributed by atoms with Crippen molar-refractivity contribution in [3.8, 4) is 0 Å². The van der Waals surface area contributed by atoms with Crippen molar-refractivity contribution in [3.63, 3.8) is 0 Å². The summed E-state index contributed by atoms with van der Waals surface area (Å²) in [5.41, 5.74) is 0. The first kappa shape index (κ1) is 16.8. The van der Waals surface area contributed by atoms with Gasteiger partial charge in [0.2, 0.25) is 0 Å². The zero-order valence-electron chi connectivity index (χ0n) is 11.8. The Morgan fingerprint density at radius 2 is 1.76 bits per heavy atom. The average Bonchev–Trinajstić information content (AvgIpc) is 2.30. The van der Waals surface area contributed by atoms with Gasteiger partial charge < -0.3 is 20.4 Å². The van der Waals surface area contributed by atoms with E-state index in [0.717, 1.165) is 19.5 Å². The Bertz CT molecular complexity index is 173. The van der Waals surface area contributed by atoms with Crippen LogP contribution in [0.3, 0.4) is 0 Å². The molecule has 0 aliphatic heterocycles. The Kier molecular flexibility index (Phi) is 9.74. The van der Waals surface area contributed by atoms with Crippen LogP contribution >= 0.6 is 0 Å². The minimum Gasteiger partial charge on any atom is -0.396 e. The molecule has 3 N–H and O–H groups in total. The standard InChI is InChI=1S/C13H30N2O2/c1-5-15(6-2)10-12(17)9-14-13(7-8-16)11(3)4/h11-14,16-17H,5-10H2,1-4H3. The normalized spacial score (nSPS) is 15.5. The van der Waals surface area contributed by atoms with E-state index in [4.69, 9.17) is 5.11 Å². The first-order chi connectivity index (χ1) is 8.04. The molecular formula is C13H30N2O2. The third-order valence-corrected chi connectivity index (χ3v) is 3.22. The predicted molar refractivity (Wildman–Crippen MR) is 72.1 cm³/mol. The largest absolute Gasteiger partial charge is 0.396 e. The third-order valence-electron chi connectivity index (χ3n) is 3.22. The summed E-state index contributed by atoms with van der Waals surface area (Å²) in [5, 5.41) is 22.2. The summed E-state index contributed by atoms with van der Waals surface area (Å²) in [6.45, 7) is 11.9. The van der Waals surface area contributed by atoms with Crippen LogP contribution in [-0.2, 0) is 0 Å². The van der Waals surface area contributed by atoms with Crippen molar-refractivity contribution in [3.05, 3.63) is 0 Å². The van der Waals surface area contributed by atoms with Crippen LogP contribution in [0.2, 0.25) is 0 Å². The Labute approximate surface area is 106 Å². The van der Waals surface area contributed by atoms with Crippen LogP contribution in [-0.4, -0.2) is 60.0 Å². The lowest BCUT2D eigenvalue weighted by Crippen LogP contribution is -2.43. The first-order valence-corrected chi connectivity index (χ1v) is 6.79. The van der Waals surface area contributed by atoms with Crippen LogP contribution in [0, 0.1) is 5.92 Å². The third kappa shape index (κ3) is 7.71. The zero-order valence-corrected chi connectivity index (χ0v) is 11.8. The molecule has 0 heterocycles. The Balaban J connectivity index is 3.90. The van der Waals surface area contributed by atoms with Gasteiger partial charge in [-0.2, -0.15) is 0 Å². The van der Waals surface area contributed by atoms with E-state index in [1.807, 2.05) is 0 Å². The molecule has 0 amide bonds. The molecule has 0 spiro atoms. The smallest absolute Gasteiger partial charge is 0.0791 e. The Morgan fingerprint density at radius 3 is 2.18 bits per heavy atom. The summed E-state index contributed by atoms with van der Waals surface area (Å²) in [4.78, 5) is 2.21. The van der Waals surface area contributed by atoms with Gasteiger partial charge in [0.25, 0.3) is 0 Å². The van der Waals surface area contributed by atoms with Gasteiger partial charge in [-0.05, 0) is 25.4 Å². The fourth-order valence-corrected chi connectivity index (χ4v) is 1.94. The van der Waals surface area contributed by atoms with Crippen LogP contribution in [0.1, 0.15) is 34.1 Å². The van der Waals surface area contributed by atoms with Crippen LogP contribution in [0.15, 0.2) is 0 Å². The number of nitrogens with zero attached hydrogens (tertiary/aromatic N) is 1. The molecule has 104 valence electrons. The van der Waals surface area contributed by atoms with E-state index in [1.54, 1.807) is 0 Å². The maximum absolute atomic E-state index is 9.91. The lowest BCUT2D eigenvalue weighted by molar-refractivity contribution is 0.109. The molecule has 2 unspecified atom stereocenters. The number of likely N-dealkylation sites (N-methyl/N-ethyl adjacent to an activating group) is 1. The lowest BCUT2D eigenvalue weighted by atomic mass is 10.0. The van der Waals surface area contributed by atoms with Gasteiger partial charge in [0.1, 0.15) is 0 Å². The molecule has 0 aromatic heterocycles. The molecule has 0 bridgehead atoms. The topological polar surface area (TPSA) is 55.7 Å². The van der Waals surface area contributed by atoms with E-state index >= 15 is 0 Å². The maximum atomic E-state index is 9.91. The van der Waals surface area contributed by atoms with Gasteiger partial charge in [0, 0.05) is 25.7 Å². The van der Waals surface area contributed by atoms with Crippen LogP contribution in [0.5, 0.6) is 0 Å². The van der Waals surface area contributed by atoms with E-state index in [1.165, 1.54) is 0 Å². The van der Waals surface area contributed by atoms with Crippen molar-refractivity contribution in [2.24, 2.45) is 5.92 Å². The molecule has 0 aliphatic carbocycles. The van der Waals surface area contributed by atoms with Crippen molar-refractivity contribution in [1.29, 1.82) is 0 Å². The van der Waals surface area contributed by atoms with Gasteiger partial charge in [-0.1, -0.05) is 27.7 Å². The summed E-state index contributed by atoms with van der Waals surface area (Å²) in [6.07, 6.45) is 0.408. The van der Waals surface area contributed by atoms with E-state index in [2.05, 4.69) is 37.9 Å². The Morgan fingerprint density at radius 1 is 1.18 bits per heavy atom. The molecule has 17 heavy (non-hydrogen) atoms. The molecule has 0 radical (unpaired) electrons. The van der Waals surface area contributed by atoms with Gasteiger partial charge in [-0.15, -0.1) is 0 Å². The lowest BCUT2D eigenvalue weighted by Gasteiger charge is -2.26. The molecular weight excluding hydrogens is 216 g/mol. The van der Waals surface area contributed by atoms with E-state index in [0.29, 0.717) is 19.0 Å². The summed E-state index contributed by atoms with van der Waals surface area (Å²) in [7, 11) is 0. The van der Waals surface area contributed by atoms with E-state index in [-0.39, 0.29) is 18.8 Å². The van der Waals surface area contributed by atoms with E-state index < -0.39 is 0 Å². The monoisotopic (exact) mass is 246 g/mol. The molecule has 0 aromatic carbocycles. The van der Waals surface area contributed by atoms with Crippen molar-refractivity contribution < 1.29 is 10.2 Å². The molecule has 4 nitrogen and oxygen atoms in total. The minimum absolute atomic E-state index is 0.196.